The molecule has 2 aromatic heterocycles. The average Bonchev–Trinajstić information content (AvgIpc) is 2.12. The number of nitrogens with zero attached hydrogens (tertiary/aromatic N) is 3. The Morgan fingerprint density at radius 2 is 2.07 bits per heavy atom. The van der Waals surface area contributed by atoms with Crippen molar-refractivity contribution in [2.24, 2.45) is 7.05 Å². The highest BCUT2D eigenvalue weighted by atomic mass is 16.1. The largest absolute Gasteiger partial charge is 0.302 e. The number of aryl methyl sites for hydroxylation is 3. The zero-order valence-electron chi connectivity index (χ0n) is 8.40. The second kappa shape index (κ2) is 2.90. The van der Waals surface area contributed by atoms with Crippen molar-refractivity contribution in [1.82, 2.24) is 14.5 Å². The highest BCUT2D eigenvalue weighted by molar-refractivity contribution is 5.79. The van der Waals surface area contributed by atoms with Crippen molar-refractivity contribution in [1.29, 1.82) is 0 Å². The molecule has 0 aliphatic carbocycles. The van der Waals surface area contributed by atoms with Crippen LogP contribution in [0.2, 0.25) is 0 Å². The van der Waals surface area contributed by atoms with E-state index in [1.807, 2.05) is 13.8 Å². The molecule has 0 bridgehead atoms. The number of pyridine rings is 1. The maximum absolute atomic E-state index is 11.7. The molecule has 0 amide bonds. The highest BCUT2D eigenvalue weighted by Gasteiger charge is 2.05. The topological polar surface area (TPSA) is 47.8 Å². The van der Waals surface area contributed by atoms with E-state index in [9.17, 15) is 4.79 Å². The van der Waals surface area contributed by atoms with E-state index in [0.717, 1.165) is 11.4 Å². The van der Waals surface area contributed by atoms with E-state index in [2.05, 4.69) is 9.97 Å². The lowest BCUT2D eigenvalue weighted by atomic mass is 10.2. The first-order valence-corrected chi connectivity index (χ1v) is 4.39. The van der Waals surface area contributed by atoms with Gasteiger partial charge in [-0.2, -0.15) is 0 Å². The maximum Gasteiger partial charge on any atom is 0.261 e. The standard InChI is InChI=1S/C10H11N3O/c1-6-4-8-9(7(2)12-6)11-5-13(3)10(8)14/h4-5H,1-3H3. The van der Waals surface area contributed by atoms with E-state index >= 15 is 0 Å². The molecule has 4 heteroatoms. The maximum atomic E-state index is 11.7. The molecule has 0 fully saturated rings. The second-order valence-electron chi connectivity index (χ2n) is 3.41. The first kappa shape index (κ1) is 8.87. The predicted molar refractivity (Wildman–Crippen MR) is 54.3 cm³/mol. The fourth-order valence-electron chi connectivity index (χ4n) is 1.53. The van der Waals surface area contributed by atoms with Gasteiger partial charge >= 0.3 is 0 Å². The van der Waals surface area contributed by atoms with Crippen molar-refractivity contribution in [3.63, 3.8) is 0 Å². The predicted octanol–water partition coefficient (Wildman–Crippen LogP) is 0.945. The Balaban J connectivity index is 3.03. The van der Waals surface area contributed by atoms with Crippen LogP contribution in [0.25, 0.3) is 10.9 Å². The quantitative estimate of drug-likeness (QED) is 0.619. The molecule has 0 atom stereocenters. The fourth-order valence-corrected chi connectivity index (χ4v) is 1.53. The summed E-state index contributed by atoms with van der Waals surface area (Å²) in [6.07, 6.45) is 1.52. The van der Waals surface area contributed by atoms with Crippen LogP contribution in [-0.2, 0) is 7.05 Å². The molecule has 0 radical (unpaired) electrons. The van der Waals surface area contributed by atoms with Crippen LogP contribution in [0.3, 0.4) is 0 Å². The lowest BCUT2D eigenvalue weighted by Gasteiger charge is -2.03. The molecule has 2 aromatic rings. The first-order chi connectivity index (χ1) is 6.59. The minimum atomic E-state index is -0.0244. The van der Waals surface area contributed by atoms with Crippen molar-refractivity contribution >= 4 is 10.9 Å². The van der Waals surface area contributed by atoms with Crippen LogP contribution in [0.15, 0.2) is 17.2 Å². The normalized spacial score (nSPS) is 10.8. The van der Waals surface area contributed by atoms with Crippen LogP contribution in [0, 0.1) is 13.8 Å². The summed E-state index contributed by atoms with van der Waals surface area (Å²) in [5, 5.41) is 0.639. The van der Waals surface area contributed by atoms with Crippen LogP contribution < -0.4 is 5.56 Å². The third kappa shape index (κ3) is 1.19. The summed E-state index contributed by atoms with van der Waals surface area (Å²) in [5.74, 6) is 0. The third-order valence-electron chi connectivity index (χ3n) is 2.21. The van der Waals surface area contributed by atoms with E-state index in [0.29, 0.717) is 10.9 Å². The van der Waals surface area contributed by atoms with Crippen LogP contribution in [-0.4, -0.2) is 14.5 Å². The van der Waals surface area contributed by atoms with E-state index in [4.69, 9.17) is 0 Å². The lowest BCUT2D eigenvalue weighted by molar-refractivity contribution is 0.840. The summed E-state index contributed by atoms with van der Waals surface area (Å²) in [6.45, 7) is 3.74. The zero-order chi connectivity index (χ0) is 10.3. The molecule has 4 nitrogen and oxygen atoms in total. The van der Waals surface area contributed by atoms with Crippen LogP contribution in [0.4, 0.5) is 0 Å². The van der Waals surface area contributed by atoms with Gasteiger partial charge in [-0.25, -0.2) is 4.98 Å². The summed E-state index contributed by atoms with van der Waals surface area (Å²) in [7, 11) is 1.69. The first-order valence-electron chi connectivity index (χ1n) is 4.39. The Bertz CT molecular complexity index is 557. The number of aromatic nitrogens is 3. The van der Waals surface area contributed by atoms with Crippen LogP contribution in [0.1, 0.15) is 11.4 Å². The molecule has 0 unspecified atom stereocenters. The Kier molecular flexibility index (Phi) is 1.84. The summed E-state index contributed by atoms with van der Waals surface area (Å²) in [6, 6.07) is 1.78. The number of hydrogen-bond acceptors (Lipinski definition) is 3. The van der Waals surface area contributed by atoms with Gasteiger partial charge in [-0.3, -0.25) is 9.78 Å². The third-order valence-corrected chi connectivity index (χ3v) is 2.21. The molecule has 0 aromatic carbocycles. The van der Waals surface area contributed by atoms with Crippen molar-refractivity contribution in [3.8, 4) is 0 Å². The Morgan fingerprint density at radius 1 is 1.36 bits per heavy atom. The molecule has 2 rings (SSSR count). The van der Waals surface area contributed by atoms with Gasteiger partial charge in [0.1, 0.15) is 0 Å². The molecule has 0 spiro atoms. The minimum absolute atomic E-state index is 0.0244. The summed E-state index contributed by atoms with van der Waals surface area (Å²) in [4.78, 5) is 20.2. The van der Waals surface area contributed by atoms with Gasteiger partial charge in [-0.1, -0.05) is 0 Å². The van der Waals surface area contributed by atoms with E-state index in [1.54, 1.807) is 13.1 Å². The molecule has 0 aliphatic rings. The Morgan fingerprint density at radius 3 is 2.79 bits per heavy atom. The molecule has 2 heterocycles. The Labute approximate surface area is 81.2 Å². The molecule has 72 valence electrons. The number of fused-ring (bicyclic) bond motifs is 1. The van der Waals surface area contributed by atoms with Gasteiger partial charge in [0, 0.05) is 12.7 Å². The zero-order valence-corrected chi connectivity index (χ0v) is 8.40. The summed E-state index contributed by atoms with van der Waals surface area (Å²) >= 11 is 0. The lowest BCUT2D eigenvalue weighted by Crippen LogP contribution is -2.17. The van der Waals surface area contributed by atoms with Crippen molar-refractivity contribution in [2.45, 2.75) is 13.8 Å². The van der Waals surface area contributed by atoms with E-state index in [1.165, 1.54) is 10.9 Å². The smallest absolute Gasteiger partial charge is 0.261 e. The van der Waals surface area contributed by atoms with Crippen LogP contribution >= 0.6 is 0 Å². The van der Waals surface area contributed by atoms with Crippen molar-refractivity contribution in [2.75, 3.05) is 0 Å². The number of hydrogen-bond donors (Lipinski definition) is 0. The molecule has 0 saturated carbocycles. The highest BCUT2D eigenvalue weighted by Crippen LogP contribution is 2.10. The van der Waals surface area contributed by atoms with Crippen LogP contribution in [0.5, 0.6) is 0 Å². The summed E-state index contributed by atoms with van der Waals surface area (Å²) in [5.41, 5.74) is 2.32. The fraction of sp³-hybridized carbons (Fsp3) is 0.300. The SMILES string of the molecule is Cc1cc2c(=O)n(C)cnc2c(C)n1. The van der Waals surface area contributed by atoms with Gasteiger partial charge < -0.3 is 4.57 Å². The molecule has 14 heavy (non-hydrogen) atoms. The monoisotopic (exact) mass is 189 g/mol. The van der Waals surface area contributed by atoms with Gasteiger partial charge in [0.25, 0.3) is 5.56 Å². The molecular formula is C10H11N3O. The van der Waals surface area contributed by atoms with Gasteiger partial charge in [-0.05, 0) is 19.9 Å². The van der Waals surface area contributed by atoms with Crippen molar-refractivity contribution in [3.05, 3.63) is 34.1 Å². The van der Waals surface area contributed by atoms with Gasteiger partial charge in [-0.15, -0.1) is 0 Å². The van der Waals surface area contributed by atoms with Gasteiger partial charge in [0.2, 0.25) is 0 Å². The van der Waals surface area contributed by atoms with Gasteiger partial charge in [0.15, 0.2) is 0 Å². The molecule has 0 N–H and O–H groups in total. The average molecular weight is 189 g/mol. The minimum Gasteiger partial charge on any atom is -0.302 e. The van der Waals surface area contributed by atoms with Gasteiger partial charge in [0.05, 0.1) is 22.9 Å². The number of rotatable bonds is 0. The molecule has 0 aliphatic heterocycles. The van der Waals surface area contributed by atoms with E-state index < -0.39 is 0 Å². The Hall–Kier alpha value is -1.71. The summed E-state index contributed by atoms with van der Waals surface area (Å²) < 4.78 is 1.47. The molecule has 0 saturated heterocycles. The van der Waals surface area contributed by atoms with Crippen molar-refractivity contribution < 1.29 is 0 Å². The second-order valence-corrected chi connectivity index (χ2v) is 3.41. The van der Waals surface area contributed by atoms with E-state index in [-0.39, 0.29) is 5.56 Å². The molecular weight excluding hydrogens is 178 g/mol.